The fourth-order valence-corrected chi connectivity index (χ4v) is 2.52. The predicted molar refractivity (Wildman–Crippen MR) is 71.9 cm³/mol. The lowest BCUT2D eigenvalue weighted by molar-refractivity contribution is 0.559. The highest BCUT2D eigenvalue weighted by atomic mass is 15.0. The van der Waals surface area contributed by atoms with Gasteiger partial charge in [0, 0.05) is 29.2 Å². The van der Waals surface area contributed by atoms with Crippen molar-refractivity contribution in [2.75, 3.05) is 0 Å². The normalized spacial score (nSPS) is 16.6. The van der Waals surface area contributed by atoms with Crippen molar-refractivity contribution in [2.24, 2.45) is 11.7 Å². The Morgan fingerprint density at radius 2 is 2.06 bits per heavy atom. The number of nitrogens with zero attached hydrogens (tertiary/aromatic N) is 1. The monoisotopic (exact) mass is 228 g/mol. The van der Waals surface area contributed by atoms with Gasteiger partial charge in [-0.1, -0.05) is 12.1 Å². The molecule has 0 bridgehead atoms. The zero-order valence-electron chi connectivity index (χ0n) is 10.6. The second-order valence-electron chi connectivity index (χ2n) is 5.87. The average molecular weight is 228 g/mol. The van der Waals surface area contributed by atoms with Gasteiger partial charge in [-0.3, -0.25) is 0 Å². The summed E-state index contributed by atoms with van der Waals surface area (Å²) in [4.78, 5) is 0. The van der Waals surface area contributed by atoms with Crippen LogP contribution in [-0.2, 0) is 12.1 Å². The van der Waals surface area contributed by atoms with Crippen LogP contribution in [0.15, 0.2) is 30.5 Å². The van der Waals surface area contributed by atoms with E-state index in [1.54, 1.807) is 0 Å². The van der Waals surface area contributed by atoms with E-state index < -0.39 is 0 Å². The van der Waals surface area contributed by atoms with Gasteiger partial charge in [0.2, 0.25) is 0 Å². The van der Waals surface area contributed by atoms with Gasteiger partial charge in [0.25, 0.3) is 0 Å². The van der Waals surface area contributed by atoms with Gasteiger partial charge in [0.05, 0.1) is 0 Å². The van der Waals surface area contributed by atoms with Crippen LogP contribution >= 0.6 is 0 Å². The van der Waals surface area contributed by atoms with Crippen LogP contribution in [0.4, 0.5) is 0 Å². The molecular weight excluding hydrogens is 208 g/mol. The van der Waals surface area contributed by atoms with E-state index in [4.69, 9.17) is 5.73 Å². The van der Waals surface area contributed by atoms with Crippen molar-refractivity contribution in [1.29, 1.82) is 0 Å². The van der Waals surface area contributed by atoms with E-state index >= 15 is 0 Å². The number of benzene rings is 1. The molecule has 1 fully saturated rings. The molecule has 0 unspecified atom stereocenters. The number of rotatable bonds is 3. The van der Waals surface area contributed by atoms with Crippen molar-refractivity contribution in [3.05, 3.63) is 36.0 Å². The van der Waals surface area contributed by atoms with E-state index in [9.17, 15) is 0 Å². The molecule has 2 heteroatoms. The molecule has 90 valence electrons. The third-order valence-electron chi connectivity index (χ3n) is 3.66. The molecule has 1 saturated carbocycles. The lowest BCUT2D eigenvalue weighted by atomic mass is 9.93. The first-order valence-corrected chi connectivity index (χ1v) is 6.43. The summed E-state index contributed by atoms with van der Waals surface area (Å²) in [7, 11) is 0. The van der Waals surface area contributed by atoms with Crippen LogP contribution in [0.25, 0.3) is 10.9 Å². The molecule has 1 aliphatic rings. The van der Waals surface area contributed by atoms with E-state index in [1.807, 2.05) is 0 Å². The van der Waals surface area contributed by atoms with Gasteiger partial charge in [0.1, 0.15) is 0 Å². The van der Waals surface area contributed by atoms with Crippen LogP contribution in [-0.4, -0.2) is 4.57 Å². The first-order valence-electron chi connectivity index (χ1n) is 6.43. The van der Waals surface area contributed by atoms with Crippen molar-refractivity contribution in [2.45, 2.75) is 38.8 Å². The average Bonchev–Trinajstić information content (AvgIpc) is 2.97. The molecular formula is C15H20N2. The summed E-state index contributed by atoms with van der Waals surface area (Å²) in [5.41, 5.74) is 8.53. The third-order valence-corrected chi connectivity index (χ3v) is 3.66. The summed E-state index contributed by atoms with van der Waals surface area (Å²) in [6, 6.07) is 8.67. The highest BCUT2D eigenvalue weighted by molar-refractivity contribution is 5.84. The molecule has 1 aromatic carbocycles. The van der Waals surface area contributed by atoms with Crippen LogP contribution in [0, 0.1) is 5.92 Å². The quantitative estimate of drug-likeness (QED) is 0.859. The van der Waals surface area contributed by atoms with Gasteiger partial charge < -0.3 is 10.3 Å². The largest absolute Gasteiger partial charge is 0.347 e. The highest BCUT2D eigenvalue weighted by Gasteiger charge is 2.23. The standard InChI is InChI=1S/C15H20N2/c1-15(2,16)13-4-3-5-14-12(13)8-9-17(14)10-11-6-7-11/h3-5,8-9,11H,6-7,10,16H2,1-2H3. The fourth-order valence-electron chi connectivity index (χ4n) is 2.52. The molecule has 0 radical (unpaired) electrons. The molecule has 2 N–H and O–H groups in total. The molecule has 17 heavy (non-hydrogen) atoms. The molecule has 0 spiro atoms. The Bertz CT molecular complexity index is 542. The number of hydrogen-bond acceptors (Lipinski definition) is 1. The maximum atomic E-state index is 6.24. The van der Waals surface area contributed by atoms with E-state index in [0.29, 0.717) is 0 Å². The summed E-state index contributed by atoms with van der Waals surface area (Å²) in [5.74, 6) is 0.903. The lowest BCUT2D eigenvalue weighted by Crippen LogP contribution is -2.28. The van der Waals surface area contributed by atoms with Gasteiger partial charge in [-0.05, 0) is 50.3 Å². The Morgan fingerprint density at radius 1 is 1.29 bits per heavy atom. The SMILES string of the molecule is CC(C)(N)c1cccc2c1ccn2CC1CC1. The van der Waals surface area contributed by atoms with Crippen LogP contribution in [0.2, 0.25) is 0 Å². The minimum atomic E-state index is -0.273. The number of aromatic nitrogens is 1. The Balaban J connectivity index is 2.10. The molecule has 0 amide bonds. The van der Waals surface area contributed by atoms with Crippen molar-refractivity contribution in [3.63, 3.8) is 0 Å². The smallest absolute Gasteiger partial charge is 0.0483 e. The topological polar surface area (TPSA) is 30.9 Å². The summed E-state index contributed by atoms with van der Waals surface area (Å²) in [5, 5.41) is 1.31. The first kappa shape index (κ1) is 10.8. The Kier molecular flexibility index (Phi) is 2.30. The summed E-state index contributed by atoms with van der Waals surface area (Å²) >= 11 is 0. The minimum Gasteiger partial charge on any atom is -0.347 e. The Hall–Kier alpha value is -1.28. The van der Waals surface area contributed by atoms with E-state index in [-0.39, 0.29) is 5.54 Å². The van der Waals surface area contributed by atoms with Crippen molar-refractivity contribution < 1.29 is 0 Å². The summed E-state index contributed by atoms with van der Waals surface area (Å²) in [6.45, 7) is 5.30. The second kappa shape index (κ2) is 3.61. The molecule has 0 aliphatic heterocycles. The molecule has 2 aromatic rings. The second-order valence-corrected chi connectivity index (χ2v) is 5.87. The maximum absolute atomic E-state index is 6.24. The number of hydrogen-bond donors (Lipinski definition) is 1. The molecule has 3 rings (SSSR count). The van der Waals surface area contributed by atoms with Gasteiger partial charge in [-0.15, -0.1) is 0 Å². The minimum absolute atomic E-state index is 0.273. The molecule has 1 aliphatic carbocycles. The third kappa shape index (κ3) is 1.98. The van der Waals surface area contributed by atoms with Gasteiger partial charge in [-0.25, -0.2) is 0 Å². The first-order chi connectivity index (χ1) is 8.05. The number of nitrogens with two attached hydrogens (primary N) is 1. The fraction of sp³-hybridized carbons (Fsp3) is 0.467. The molecule has 1 aromatic heterocycles. The summed E-state index contributed by atoms with van der Waals surface area (Å²) in [6.07, 6.45) is 4.99. The molecule has 0 saturated heterocycles. The van der Waals surface area contributed by atoms with E-state index in [2.05, 4.69) is 48.9 Å². The van der Waals surface area contributed by atoms with E-state index in [0.717, 1.165) is 12.5 Å². The van der Waals surface area contributed by atoms with Crippen LogP contribution < -0.4 is 5.73 Å². The van der Waals surface area contributed by atoms with Gasteiger partial charge >= 0.3 is 0 Å². The lowest BCUT2D eigenvalue weighted by Gasteiger charge is -2.20. The van der Waals surface area contributed by atoms with Crippen molar-refractivity contribution in [1.82, 2.24) is 4.57 Å². The maximum Gasteiger partial charge on any atom is 0.0483 e. The van der Waals surface area contributed by atoms with Gasteiger partial charge in [0.15, 0.2) is 0 Å². The number of fused-ring (bicyclic) bond motifs is 1. The van der Waals surface area contributed by atoms with Crippen LogP contribution in [0.3, 0.4) is 0 Å². The Morgan fingerprint density at radius 3 is 2.71 bits per heavy atom. The molecule has 1 heterocycles. The van der Waals surface area contributed by atoms with Crippen molar-refractivity contribution >= 4 is 10.9 Å². The molecule has 2 nitrogen and oxygen atoms in total. The van der Waals surface area contributed by atoms with Crippen molar-refractivity contribution in [3.8, 4) is 0 Å². The Labute approximate surface area is 102 Å². The van der Waals surface area contributed by atoms with Crippen LogP contribution in [0.5, 0.6) is 0 Å². The predicted octanol–water partition coefficient (Wildman–Crippen LogP) is 3.25. The molecule has 0 atom stereocenters. The van der Waals surface area contributed by atoms with Gasteiger partial charge in [-0.2, -0.15) is 0 Å². The van der Waals surface area contributed by atoms with E-state index in [1.165, 1.54) is 29.3 Å². The van der Waals surface area contributed by atoms with Crippen LogP contribution in [0.1, 0.15) is 32.3 Å². The zero-order chi connectivity index (χ0) is 12.0. The highest BCUT2D eigenvalue weighted by Crippen LogP contribution is 2.33. The summed E-state index contributed by atoms with van der Waals surface area (Å²) < 4.78 is 2.38. The zero-order valence-corrected chi connectivity index (χ0v) is 10.6.